The number of hydrogen-bond acceptors (Lipinski definition) is 2. The Balaban J connectivity index is 3.70. The Kier molecular flexibility index (Phi) is 5.39. The van der Waals surface area contributed by atoms with Crippen molar-refractivity contribution in [2.24, 2.45) is 0 Å². The fourth-order valence-electron chi connectivity index (χ4n) is 2.48. The molecule has 0 heterocycles. The summed E-state index contributed by atoms with van der Waals surface area (Å²) < 4.78 is 5.99. The second kappa shape index (κ2) is 6.23. The summed E-state index contributed by atoms with van der Waals surface area (Å²) in [5, 5.41) is 9.17. The van der Waals surface area contributed by atoms with E-state index in [0.29, 0.717) is 6.61 Å². The highest BCUT2D eigenvalue weighted by Gasteiger charge is 2.30. The van der Waals surface area contributed by atoms with E-state index in [0.717, 1.165) is 5.75 Å². The van der Waals surface area contributed by atoms with Gasteiger partial charge in [-0.25, -0.2) is 0 Å². The molecule has 1 aromatic rings. The molecule has 126 valence electrons. The molecule has 0 unspecified atom stereocenters. The van der Waals surface area contributed by atoms with E-state index in [-0.39, 0.29) is 22.9 Å². The summed E-state index contributed by atoms with van der Waals surface area (Å²) in [4.78, 5) is 0. The van der Waals surface area contributed by atoms with E-state index in [1.54, 1.807) is 0 Å². The number of hydrogen-bond donors (Lipinski definition) is 1. The molecule has 0 radical (unpaired) electrons. The Morgan fingerprint density at radius 2 is 1.18 bits per heavy atom. The molecule has 0 aliphatic heterocycles. The average molecular weight is 306 g/mol. The van der Waals surface area contributed by atoms with Crippen LogP contribution < -0.4 is 4.74 Å². The highest BCUT2D eigenvalue weighted by atomic mass is 16.5. The van der Waals surface area contributed by atoms with Gasteiger partial charge < -0.3 is 9.84 Å². The Morgan fingerprint density at radius 3 is 1.45 bits per heavy atom. The van der Waals surface area contributed by atoms with Crippen LogP contribution in [0.3, 0.4) is 0 Å². The molecule has 0 bridgehead atoms. The van der Waals surface area contributed by atoms with Crippen molar-refractivity contribution in [2.75, 3.05) is 13.2 Å². The molecule has 0 saturated carbocycles. The van der Waals surface area contributed by atoms with Gasteiger partial charge in [0.1, 0.15) is 12.4 Å². The van der Waals surface area contributed by atoms with Gasteiger partial charge in [-0.15, -0.1) is 0 Å². The van der Waals surface area contributed by atoms with Crippen molar-refractivity contribution in [1.82, 2.24) is 0 Å². The molecule has 2 heteroatoms. The Hall–Kier alpha value is -1.02. The van der Waals surface area contributed by atoms with Crippen LogP contribution in [0, 0.1) is 0 Å². The fraction of sp³-hybridized carbons (Fsp3) is 0.700. The zero-order valence-electron chi connectivity index (χ0n) is 15.9. The number of aliphatic hydroxyl groups excluding tert-OH is 1. The zero-order valence-corrected chi connectivity index (χ0v) is 15.9. The quantitative estimate of drug-likeness (QED) is 0.856. The predicted molar refractivity (Wildman–Crippen MR) is 95.1 cm³/mol. The predicted octanol–water partition coefficient (Wildman–Crippen LogP) is 4.95. The van der Waals surface area contributed by atoms with Crippen molar-refractivity contribution in [3.63, 3.8) is 0 Å². The van der Waals surface area contributed by atoms with Gasteiger partial charge in [0.25, 0.3) is 0 Å². The largest absolute Gasteiger partial charge is 0.491 e. The number of ether oxygens (including phenoxy) is 1. The number of benzene rings is 1. The van der Waals surface area contributed by atoms with E-state index < -0.39 is 0 Å². The van der Waals surface area contributed by atoms with Gasteiger partial charge >= 0.3 is 0 Å². The average Bonchev–Trinajstić information content (AvgIpc) is 2.31. The SMILES string of the molecule is CC(C)(C)c1cc(C(C)(C)C)c(OCCO)c(C(C)(C)C)c1. The molecule has 1 N–H and O–H groups in total. The first-order valence-electron chi connectivity index (χ1n) is 8.21. The second-order valence-corrected chi connectivity index (χ2v) is 9.22. The van der Waals surface area contributed by atoms with Crippen LogP contribution in [-0.2, 0) is 16.2 Å². The summed E-state index contributed by atoms with van der Waals surface area (Å²) in [6.07, 6.45) is 0. The van der Waals surface area contributed by atoms with E-state index >= 15 is 0 Å². The van der Waals surface area contributed by atoms with Crippen LogP contribution >= 0.6 is 0 Å². The summed E-state index contributed by atoms with van der Waals surface area (Å²) in [7, 11) is 0. The molecular weight excluding hydrogens is 272 g/mol. The van der Waals surface area contributed by atoms with Gasteiger partial charge in [0.05, 0.1) is 6.61 Å². The maximum absolute atomic E-state index is 9.17. The third-order valence-corrected chi connectivity index (χ3v) is 3.91. The fourth-order valence-corrected chi connectivity index (χ4v) is 2.48. The Bertz CT molecular complexity index is 473. The minimum absolute atomic E-state index is 0.00789. The molecule has 0 aliphatic carbocycles. The van der Waals surface area contributed by atoms with Gasteiger partial charge in [-0.05, 0) is 21.8 Å². The van der Waals surface area contributed by atoms with Crippen LogP contribution in [0.5, 0.6) is 5.75 Å². The molecule has 0 fully saturated rings. The Morgan fingerprint density at radius 1 is 0.773 bits per heavy atom. The molecule has 2 nitrogen and oxygen atoms in total. The normalized spacial score (nSPS) is 13.4. The summed E-state index contributed by atoms with van der Waals surface area (Å²) >= 11 is 0. The summed E-state index contributed by atoms with van der Waals surface area (Å²) in [5.74, 6) is 0.946. The van der Waals surface area contributed by atoms with Crippen LogP contribution in [0.4, 0.5) is 0 Å². The van der Waals surface area contributed by atoms with Crippen molar-refractivity contribution < 1.29 is 9.84 Å². The van der Waals surface area contributed by atoms with Crippen molar-refractivity contribution in [3.8, 4) is 5.75 Å². The number of aliphatic hydroxyl groups is 1. The van der Waals surface area contributed by atoms with Gasteiger partial charge in [-0.3, -0.25) is 0 Å². The molecule has 0 spiro atoms. The van der Waals surface area contributed by atoms with E-state index in [4.69, 9.17) is 4.74 Å². The van der Waals surface area contributed by atoms with Crippen LogP contribution in [0.1, 0.15) is 79.0 Å². The summed E-state index contributed by atoms with van der Waals surface area (Å²) in [5.41, 5.74) is 3.85. The molecule has 0 atom stereocenters. The third kappa shape index (κ3) is 4.49. The van der Waals surface area contributed by atoms with Gasteiger partial charge in [-0.2, -0.15) is 0 Å². The first kappa shape index (κ1) is 19.0. The van der Waals surface area contributed by atoms with Crippen molar-refractivity contribution in [3.05, 3.63) is 28.8 Å². The molecule has 0 amide bonds. The molecule has 1 aromatic carbocycles. The third-order valence-electron chi connectivity index (χ3n) is 3.91. The van der Waals surface area contributed by atoms with Gasteiger partial charge in [0.15, 0.2) is 0 Å². The summed E-state index contributed by atoms with van der Waals surface area (Å²) in [6.45, 7) is 20.4. The molecule has 0 aliphatic rings. The van der Waals surface area contributed by atoms with Crippen molar-refractivity contribution >= 4 is 0 Å². The smallest absolute Gasteiger partial charge is 0.126 e. The van der Waals surface area contributed by atoms with Gasteiger partial charge in [-0.1, -0.05) is 74.4 Å². The van der Waals surface area contributed by atoms with E-state index in [9.17, 15) is 5.11 Å². The second-order valence-electron chi connectivity index (χ2n) is 9.22. The minimum Gasteiger partial charge on any atom is -0.491 e. The standard InChI is InChI=1S/C20H34O2/c1-18(2,3)14-12-15(19(4,5)6)17(22-11-10-21)16(13-14)20(7,8)9/h12-13,21H,10-11H2,1-9H3. The molecule has 22 heavy (non-hydrogen) atoms. The maximum atomic E-state index is 9.17. The Labute approximate surface area is 136 Å². The molecular formula is C20H34O2. The van der Waals surface area contributed by atoms with Crippen LogP contribution in [0.25, 0.3) is 0 Å². The lowest BCUT2D eigenvalue weighted by Crippen LogP contribution is -2.23. The first-order chi connectivity index (χ1) is 9.78. The van der Waals surface area contributed by atoms with Gasteiger partial charge in [0, 0.05) is 11.1 Å². The lowest BCUT2D eigenvalue weighted by Gasteiger charge is -2.33. The highest BCUT2D eigenvalue weighted by Crippen LogP contribution is 2.42. The van der Waals surface area contributed by atoms with Crippen LogP contribution in [-0.4, -0.2) is 18.3 Å². The van der Waals surface area contributed by atoms with Crippen molar-refractivity contribution in [1.29, 1.82) is 0 Å². The summed E-state index contributed by atoms with van der Waals surface area (Å²) in [6, 6.07) is 4.56. The molecule has 0 aromatic heterocycles. The van der Waals surface area contributed by atoms with E-state index in [1.807, 2.05) is 0 Å². The highest BCUT2D eigenvalue weighted by molar-refractivity contribution is 5.52. The monoisotopic (exact) mass is 306 g/mol. The van der Waals surface area contributed by atoms with Crippen molar-refractivity contribution in [2.45, 2.75) is 78.6 Å². The topological polar surface area (TPSA) is 29.5 Å². The molecule has 1 rings (SSSR count). The van der Waals surface area contributed by atoms with Crippen LogP contribution in [0.15, 0.2) is 12.1 Å². The maximum Gasteiger partial charge on any atom is 0.126 e. The van der Waals surface area contributed by atoms with E-state index in [2.05, 4.69) is 74.4 Å². The zero-order chi connectivity index (χ0) is 17.3. The lowest BCUT2D eigenvalue weighted by molar-refractivity contribution is 0.196. The lowest BCUT2D eigenvalue weighted by atomic mass is 9.75. The van der Waals surface area contributed by atoms with Crippen LogP contribution in [0.2, 0.25) is 0 Å². The minimum atomic E-state index is -0.00789. The number of rotatable bonds is 3. The first-order valence-corrected chi connectivity index (χ1v) is 8.21. The van der Waals surface area contributed by atoms with E-state index in [1.165, 1.54) is 16.7 Å². The van der Waals surface area contributed by atoms with Gasteiger partial charge in [0.2, 0.25) is 0 Å². The molecule has 0 saturated heterocycles.